The van der Waals surface area contributed by atoms with Gasteiger partial charge in [-0.2, -0.15) is 0 Å². The highest BCUT2D eigenvalue weighted by Gasteiger charge is 2.27. The smallest absolute Gasteiger partial charge is 0.0657 e. The van der Waals surface area contributed by atoms with E-state index in [0.29, 0.717) is 25.0 Å². The molecule has 0 unspecified atom stereocenters. The van der Waals surface area contributed by atoms with Gasteiger partial charge >= 0.3 is 0 Å². The fourth-order valence-electron chi connectivity index (χ4n) is 13.2. The minimum atomic E-state index is 0.661. The van der Waals surface area contributed by atoms with Gasteiger partial charge in [-0.05, 0) is 158 Å². The predicted octanol–water partition coefficient (Wildman–Crippen LogP) is 19.0. The molecule has 0 aromatic heterocycles. The Morgan fingerprint density at radius 1 is 0.381 bits per heavy atom. The zero-order chi connectivity index (χ0) is 43.9. The third-order valence-corrected chi connectivity index (χ3v) is 17.4. The van der Waals surface area contributed by atoms with Gasteiger partial charge in [0.2, 0.25) is 0 Å². The van der Waals surface area contributed by atoms with Crippen LogP contribution in [0.15, 0.2) is 60.7 Å². The Hall–Kier alpha value is -2.12. The molecule has 0 heterocycles. The van der Waals surface area contributed by atoms with Crippen molar-refractivity contribution in [3.05, 3.63) is 82.9 Å². The van der Waals surface area contributed by atoms with Gasteiger partial charge in [0.15, 0.2) is 0 Å². The van der Waals surface area contributed by atoms with E-state index in [1.807, 2.05) is 0 Å². The largest absolute Gasteiger partial charge is 0.373 e. The number of rotatable bonds is 26. The number of allylic oxidation sites excluding steroid dienone is 2. The van der Waals surface area contributed by atoms with Crippen molar-refractivity contribution in [1.82, 2.24) is 0 Å². The number of hydrogen-bond donors (Lipinski definition) is 0. The van der Waals surface area contributed by atoms with Crippen LogP contribution in [0.1, 0.15) is 243 Å². The van der Waals surface area contributed by atoms with Gasteiger partial charge in [0.25, 0.3) is 0 Å². The number of ether oxygens (including phenoxy) is 1. The second kappa shape index (κ2) is 28.8. The van der Waals surface area contributed by atoms with Crippen LogP contribution in [0.3, 0.4) is 0 Å². The average molecular weight is 859 g/mol. The molecule has 0 aliphatic heterocycles. The second-order valence-corrected chi connectivity index (χ2v) is 22.1. The van der Waals surface area contributed by atoms with Crippen LogP contribution in [0.25, 0.3) is 11.1 Å². The molecule has 2 aromatic rings. The van der Waals surface area contributed by atoms with Gasteiger partial charge in [-0.15, -0.1) is 0 Å². The van der Waals surface area contributed by atoms with Crippen molar-refractivity contribution in [2.45, 2.75) is 233 Å². The predicted molar refractivity (Wildman–Crippen MR) is 276 cm³/mol. The van der Waals surface area contributed by atoms with Crippen LogP contribution < -0.4 is 0 Å². The van der Waals surface area contributed by atoms with E-state index < -0.39 is 0 Å². The van der Waals surface area contributed by atoms with E-state index in [0.717, 1.165) is 35.5 Å². The van der Waals surface area contributed by atoms with Gasteiger partial charge in [0.05, 0.1) is 13.2 Å². The molecular formula is C62H98O. The highest BCUT2D eigenvalue weighted by Crippen LogP contribution is 2.42. The number of aryl methyl sites for hydroxylation is 2. The molecule has 4 aliphatic rings. The molecule has 1 nitrogen and oxygen atoms in total. The van der Waals surface area contributed by atoms with Crippen LogP contribution in [-0.4, -0.2) is 13.2 Å². The highest BCUT2D eigenvalue weighted by molar-refractivity contribution is 5.69. The Morgan fingerprint density at radius 2 is 0.698 bits per heavy atom. The molecule has 0 spiro atoms. The first kappa shape index (κ1) is 50.3. The molecule has 6 rings (SSSR count). The van der Waals surface area contributed by atoms with E-state index in [-0.39, 0.29) is 0 Å². The third kappa shape index (κ3) is 17.2. The van der Waals surface area contributed by atoms with Crippen molar-refractivity contribution in [2.75, 3.05) is 13.2 Å². The molecule has 0 radical (unpaired) electrons. The molecule has 0 amide bonds. The summed E-state index contributed by atoms with van der Waals surface area (Å²) in [6.45, 7) is 10.8. The minimum absolute atomic E-state index is 0.661. The van der Waals surface area contributed by atoms with Gasteiger partial charge in [-0.3, -0.25) is 0 Å². The Balaban J connectivity index is 1.08. The normalized spacial score (nSPS) is 27.4. The summed E-state index contributed by atoms with van der Waals surface area (Å²) in [7, 11) is 0. The van der Waals surface area contributed by atoms with E-state index in [1.165, 1.54) is 228 Å². The maximum Gasteiger partial charge on any atom is 0.0657 e. The van der Waals surface area contributed by atoms with Gasteiger partial charge in [0, 0.05) is 0 Å². The number of hydrogen-bond acceptors (Lipinski definition) is 1. The summed E-state index contributed by atoms with van der Waals surface area (Å²) in [4.78, 5) is 0. The highest BCUT2D eigenvalue weighted by atomic mass is 16.5. The average Bonchev–Trinajstić information content (AvgIpc) is 3.32. The van der Waals surface area contributed by atoms with E-state index in [4.69, 9.17) is 4.74 Å². The quantitative estimate of drug-likeness (QED) is 0.0857. The van der Waals surface area contributed by atoms with Gasteiger partial charge < -0.3 is 4.74 Å². The van der Waals surface area contributed by atoms with Crippen LogP contribution in [0, 0.1) is 47.3 Å². The lowest BCUT2D eigenvalue weighted by Crippen LogP contribution is -2.17. The maximum absolute atomic E-state index is 6.64. The van der Waals surface area contributed by atoms with Crippen LogP contribution >= 0.6 is 0 Å². The van der Waals surface area contributed by atoms with Gasteiger partial charge in [0.1, 0.15) is 0 Å². The van der Waals surface area contributed by atoms with Crippen molar-refractivity contribution >= 4 is 11.1 Å². The van der Waals surface area contributed by atoms with Gasteiger partial charge in [-0.1, -0.05) is 217 Å². The Bertz CT molecular complexity index is 1410. The monoisotopic (exact) mass is 859 g/mol. The fraction of sp³-hybridized carbons (Fsp3) is 0.742. The first-order chi connectivity index (χ1) is 31.0. The first-order valence-corrected chi connectivity index (χ1v) is 28.2. The van der Waals surface area contributed by atoms with Crippen LogP contribution in [-0.2, 0) is 17.6 Å². The lowest BCUT2D eigenvalue weighted by molar-refractivity contribution is 0.193. The standard InChI is InChI=1S/C62H98O/c1-5-9-11-15-51-29-37-57(38-30-51)61(59-41-33-55(34-42-59)27-25-53-21-17-49(13-7-3)18-22-53)45-47-63-48-46-62(58-39-31-52(32-40-58)16-12-10-6-2)60-43-35-56(36-44-60)28-26-54-23-19-50(14-8-4)20-24-54/h33-36,41-46,49-54,57-58H,5-32,37-40,47-48H2,1-4H3. The molecule has 352 valence electrons. The number of unbranched alkanes of at least 4 members (excludes halogenated alkanes) is 4. The molecule has 0 bridgehead atoms. The Labute approximate surface area is 390 Å². The molecule has 4 aliphatic carbocycles. The zero-order valence-electron chi connectivity index (χ0n) is 41.8. The van der Waals surface area contributed by atoms with Crippen LogP contribution in [0.4, 0.5) is 0 Å². The van der Waals surface area contributed by atoms with E-state index in [2.05, 4.69) is 88.4 Å². The lowest BCUT2D eigenvalue weighted by atomic mass is 9.75. The molecule has 4 fully saturated rings. The third-order valence-electron chi connectivity index (χ3n) is 17.4. The second-order valence-electron chi connectivity index (χ2n) is 22.1. The maximum atomic E-state index is 6.64. The molecule has 2 aromatic carbocycles. The summed E-state index contributed by atoms with van der Waals surface area (Å²) in [6, 6.07) is 19.8. The Morgan fingerprint density at radius 3 is 1.03 bits per heavy atom. The molecule has 63 heavy (non-hydrogen) atoms. The molecule has 4 saturated carbocycles. The molecular weight excluding hydrogens is 761 g/mol. The molecule has 1 heteroatoms. The van der Waals surface area contributed by atoms with E-state index in [1.54, 1.807) is 11.1 Å². The summed E-state index contributed by atoms with van der Waals surface area (Å²) < 4.78 is 6.64. The minimum Gasteiger partial charge on any atom is -0.373 e. The van der Waals surface area contributed by atoms with Crippen LogP contribution in [0.5, 0.6) is 0 Å². The Kier molecular flexibility index (Phi) is 23.0. The summed E-state index contributed by atoms with van der Waals surface area (Å²) in [5.74, 6) is 7.07. The lowest BCUT2D eigenvalue weighted by Gasteiger charge is -2.31. The van der Waals surface area contributed by atoms with Crippen molar-refractivity contribution in [3.63, 3.8) is 0 Å². The summed E-state index contributed by atoms with van der Waals surface area (Å²) in [6.07, 6.45) is 49.7. The topological polar surface area (TPSA) is 9.23 Å². The van der Waals surface area contributed by atoms with Crippen molar-refractivity contribution < 1.29 is 4.74 Å². The first-order valence-electron chi connectivity index (χ1n) is 28.2. The van der Waals surface area contributed by atoms with Gasteiger partial charge in [-0.25, -0.2) is 0 Å². The van der Waals surface area contributed by atoms with Crippen molar-refractivity contribution in [2.24, 2.45) is 47.3 Å². The molecule has 0 atom stereocenters. The molecule has 0 N–H and O–H groups in total. The zero-order valence-corrected chi connectivity index (χ0v) is 41.8. The van der Waals surface area contributed by atoms with E-state index >= 15 is 0 Å². The summed E-state index contributed by atoms with van der Waals surface area (Å²) in [5.41, 5.74) is 9.11. The summed E-state index contributed by atoms with van der Waals surface area (Å²) in [5, 5.41) is 0. The molecule has 0 saturated heterocycles. The van der Waals surface area contributed by atoms with E-state index in [9.17, 15) is 0 Å². The van der Waals surface area contributed by atoms with Crippen molar-refractivity contribution in [3.8, 4) is 0 Å². The summed E-state index contributed by atoms with van der Waals surface area (Å²) >= 11 is 0. The fourth-order valence-corrected chi connectivity index (χ4v) is 13.2. The van der Waals surface area contributed by atoms with Crippen LogP contribution in [0.2, 0.25) is 0 Å². The SMILES string of the molecule is CCCCCC1CCC(C(=CCOCC=C(c2ccc(CCC3CCC(CCC)CC3)cc2)C2CCC(CCCCC)CC2)c2ccc(CCC3CCC(CCC)CC3)cc2)CC1. The van der Waals surface area contributed by atoms with Crippen molar-refractivity contribution in [1.29, 1.82) is 0 Å². The number of benzene rings is 2.